The van der Waals surface area contributed by atoms with Gasteiger partial charge >= 0.3 is 6.09 Å². The predicted molar refractivity (Wildman–Crippen MR) is 71.5 cm³/mol. The quantitative estimate of drug-likeness (QED) is 0.894. The molecule has 4 nitrogen and oxygen atoms in total. The van der Waals surface area contributed by atoms with E-state index in [1.807, 2.05) is 44.2 Å². The molecule has 0 aliphatic rings. The Hall–Kier alpha value is -1.84. The SMILES string of the molecule is CC.COC(=O)NC(Cc1ccccc1)C(C)=O. The predicted octanol–water partition coefficient (Wildman–Crippen LogP) is 2.57. The average Bonchev–Trinajstić information content (AvgIpc) is 2.41. The van der Waals surface area contributed by atoms with E-state index in [9.17, 15) is 9.59 Å². The number of ether oxygens (including phenoxy) is 1. The number of hydrogen-bond acceptors (Lipinski definition) is 3. The van der Waals surface area contributed by atoms with Crippen LogP contribution in [0.2, 0.25) is 0 Å². The molecule has 0 aromatic heterocycles. The van der Waals surface area contributed by atoms with Crippen molar-refractivity contribution in [3.63, 3.8) is 0 Å². The molecule has 0 aliphatic carbocycles. The number of hydrogen-bond donors (Lipinski definition) is 1. The van der Waals surface area contributed by atoms with E-state index < -0.39 is 12.1 Å². The van der Waals surface area contributed by atoms with Crippen LogP contribution in [0.1, 0.15) is 26.3 Å². The van der Waals surface area contributed by atoms with Gasteiger partial charge in [-0.2, -0.15) is 0 Å². The summed E-state index contributed by atoms with van der Waals surface area (Å²) in [6.07, 6.45) is -0.109. The van der Waals surface area contributed by atoms with Crippen molar-refractivity contribution in [2.75, 3.05) is 7.11 Å². The molecule has 1 atom stereocenters. The second kappa shape index (κ2) is 9.22. The number of ketones is 1. The smallest absolute Gasteiger partial charge is 0.407 e. The van der Waals surface area contributed by atoms with E-state index >= 15 is 0 Å². The van der Waals surface area contributed by atoms with Crippen LogP contribution in [-0.4, -0.2) is 25.0 Å². The van der Waals surface area contributed by atoms with Crippen molar-refractivity contribution in [3.8, 4) is 0 Å². The highest BCUT2D eigenvalue weighted by Crippen LogP contribution is 2.04. The molecule has 0 spiro atoms. The van der Waals surface area contributed by atoms with Crippen LogP contribution in [0.5, 0.6) is 0 Å². The molecule has 0 saturated heterocycles. The van der Waals surface area contributed by atoms with Crippen LogP contribution in [0.3, 0.4) is 0 Å². The molecule has 0 heterocycles. The molecule has 1 amide bonds. The van der Waals surface area contributed by atoms with Gasteiger partial charge in [-0.25, -0.2) is 4.79 Å². The number of nitrogens with one attached hydrogen (secondary N) is 1. The van der Waals surface area contributed by atoms with Crippen molar-refractivity contribution in [3.05, 3.63) is 35.9 Å². The molecule has 0 aliphatic heterocycles. The van der Waals surface area contributed by atoms with Crippen molar-refractivity contribution in [2.45, 2.75) is 33.2 Å². The molecule has 100 valence electrons. The van der Waals surface area contributed by atoms with Gasteiger partial charge in [-0.05, 0) is 18.9 Å². The third kappa shape index (κ3) is 6.03. The first-order chi connectivity index (χ1) is 8.63. The fraction of sp³-hybridized carbons (Fsp3) is 0.429. The molecule has 0 saturated carbocycles. The van der Waals surface area contributed by atoms with Gasteiger partial charge in [0.05, 0.1) is 13.2 Å². The lowest BCUT2D eigenvalue weighted by Crippen LogP contribution is -2.41. The van der Waals surface area contributed by atoms with E-state index in [1.54, 1.807) is 0 Å². The maximum atomic E-state index is 11.3. The van der Waals surface area contributed by atoms with Gasteiger partial charge in [0.1, 0.15) is 0 Å². The third-order valence-corrected chi connectivity index (χ3v) is 2.25. The van der Waals surface area contributed by atoms with Crippen LogP contribution >= 0.6 is 0 Å². The van der Waals surface area contributed by atoms with E-state index in [2.05, 4.69) is 10.1 Å². The summed E-state index contributed by atoms with van der Waals surface area (Å²) in [5.41, 5.74) is 0.999. The first kappa shape index (κ1) is 16.2. The minimum Gasteiger partial charge on any atom is -0.453 e. The maximum Gasteiger partial charge on any atom is 0.407 e. The Balaban J connectivity index is 0.00000137. The molecule has 1 unspecified atom stereocenters. The molecule has 1 aromatic carbocycles. The fourth-order valence-electron chi connectivity index (χ4n) is 1.35. The van der Waals surface area contributed by atoms with Crippen molar-refractivity contribution in [1.29, 1.82) is 0 Å². The number of carbonyl (C=O) groups excluding carboxylic acids is 2. The van der Waals surface area contributed by atoms with Gasteiger partial charge in [0, 0.05) is 0 Å². The van der Waals surface area contributed by atoms with Gasteiger partial charge in [0.2, 0.25) is 0 Å². The van der Waals surface area contributed by atoms with Gasteiger partial charge in [-0.3, -0.25) is 4.79 Å². The Morgan fingerprint density at radius 3 is 2.22 bits per heavy atom. The topological polar surface area (TPSA) is 55.4 Å². The Labute approximate surface area is 108 Å². The first-order valence-corrected chi connectivity index (χ1v) is 6.02. The van der Waals surface area contributed by atoms with E-state index in [4.69, 9.17) is 0 Å². The molecule has 4 heteroatoms. The number of carbonyl (C=O) groups is 2. The van der Waals surface area contributed by atoms with Crippen LogP contribution in [-0.2, 0) is 16.0 Å². The molecular formula is C14H21NO3. The Bertz CT molecular complexity index is 363. The lowest BCUT2D eigenvalue weighted by Gasteiger charge is -2.14. The van der Waals surface area contributed by atoms with Gasteiger partial charge in [-0.1, -0.05) is 44.2 Å². The van der Waals surface area contributed by atoms with Crippen molar-refractivity contribution in [1.82, 2.24) is 5.32 Å². The summed E-state index contributed by atoms with van der Waals surface area (Å²) in [4.78, 5) is 22.4. The standard InChI is InChI=1S/C12H15NO3.C2H6/c1-9(14)11(13-12(15)16-2)8-10-6-4-3-5-7-10;1-2/h3-7,11H,8H2,1-2H3,(H,13,15);1-2H3. The van der Waals surface area contributed by atoms with Crippen LogP contribution in [0.25, 0.3) is 0 Å². The average molecular weight is 251 g/mol. The number of benzene rings is 1. The minimum atomic E-state index is -0.587. The summed E-state index contributed by atoms with van der Waals surface area (Å²) in [7, 11) is 1.27. The highest BCUT2D eigenvalue weighted by molar-refractivity contribution is 5.85. The zero-order valence-corrected chi connectivity index (χ0v) is 11.4. The lowest BCUT2D eigenvalue weighted by molar-refractivity contribution is -0.118. The molecule has 18 heavy (non-hydrogen) atoms. The molecule has 1 rings (SSSR count). The third-order valence-electron chi connectivity index (χ3n) is 2.25. The highest BCUT2D eigenvalue weighted by Gasteiger charge is 2.17. The Morgan fingerprint density at radius 1 is 1.22 bits per heavy atom. The zero-order valence-electron chi connectivity index (χ0n) is 11.4. The van der Waals surface area contributed by atoms with Crippen LogP contribution < -0.4 is 5.32 Å². The van der Waals surface area contributed by atoms with Gasteiger partial charge in [0.15, 0.2) is 5.78 Å². The minimum absolute atomic E-state index is 0.0887. The normalized spacial score (nSPS) is 10.7. The second-order valence-electron chi connectivity index (χ2n) is 3.49. The number of amides is 1. The van der Waals surface area contributed by atoms with E-state index in [-0.39, 0.29) is 5.78 Å². The summed E-state index contributed by atoms with van der Waals surface area (Å²) in [6.45, 7) is 5.45. The fourth-order valence-corrected chi connectivity index (χ4v) is 1.35. The molecule has 0 radical (unpaired) electrons. The Morgan fingerprint density at radius 2 is 1.78 bits per heavy atom. The monoisotopic (exact) mass is 251 g/mol. The largest absolute Gasteiger partial charge is 0.453 e. The number of Topliss-reactive ketones (excluding diaryl/α,β-unsaturated/α-hetero) is 1. The lowest BCUT2D eigenvalue weighted by atomic mass is 10.0. The summed E-state index contributed by atoms with van der Waals surface area (Å²) >= 11 is 0. The summed E-state index contributed by atoms with van der Waals surface area (Å²) in [5.74, 6) is -0.0887. The van der Waals surface area contributed by atoms with Crippen LogP contribution in [0.4, 0.5) is 4.79 Å². The van der Waals surface area contributed by atoms with E-state index in [0.717, 1.165) is 5.56 Å². The van der Waals surface area contributed by atoms with Crippen molar-refractivity contribution in [2.24, 2.45) is 0 Å². The molecular weight excluding hydrogens is 230 g/mol. The van der Waals surface area contributed by atoms with Gasteiger partial charge in [0.25, 0.3) is 0 Å². The second-order valence-corrected chi connectivity index (χ2v) is 3.49. The van der Waals surface area contributed by atoms with Gasteiger partial charge < -0.3 is 10.1 Å². The number of alkyl carbamates (subject to hydrolysis) is 1. The first-order valence-electron chi connectivity index (χ1n) is 6.02. The number of rotatable bonds is 4. The van der Waals surface area contributed by atoms with Crippen molar-refractivity contribution < 1.29 is 14.3 Å². The zero-order chi connectivity index (χ0) is 14.0. The summed E-state index contributed by atoms with van der Waals surface area (Å²) in [6, 6.07) is 8.98. The van der Waals surface area contributed by atoms with Crippen molar-refractivity contribution >= 4 is 11.9 Å². The van der Waals surface area contributed by atoms with E-state index in [0.29, 0.717) is 6.42 Å². The summed E-state index contributed by atoms with van der Waals surface area (Å²) in [5, 5.41) is 2.50. The van der Waals surface area contributed by atoms with Gasteiger partial charge in [-0.15, -0.1) is 0 Å². The highest BCUT2D eigenvalue weighted by atomic mass is 16.5. The van der Waals surface area contributed by atoms with E-state index in [1.165, 1.54) is 14.0 Å². The summed E-state index contributed by atoms with van der Waals surface area (Å²) < 4.78 is 4.47. The van der Waals surface area contributed by atoms with Crippen LogP contribution in [0.15, 0.2) is 30.3 Å². The molecule has 0 bridgehead atoms. The molecule has 1 aromatic rings. The Kier molecular flexibility index (Phi) is 8.27. The molecule has 0 fully saturated rings. The van der Waals surface area contributed by atoms with Crippen LogP contribution in [0, 0.1) is 0 Å². The number of methoxy groups -OCH3 is 1. The molecule has 1 N–H and O–H groups in total. The maximum absolute atomic E-state index is 11.3.